The number of carbonyl (C=O) groups is 2. The summed E-state index contributed by atoms with van der Waals surface area (Å²) >= 11 is 0. The Balaban J connectivity index is 1.57. The van der Waals surface area contributed by atoms with Crippen molar-refractivity contribution in [2.24, 2.45) is 0 Å². The molecule has 3 aromatic rings. The molecule has 0 spiro atoms. The van der Waals surface area contributed by atoms with Crippen LogP contribution in [0.3, 0.4) is 0 Å². The van der Waals surface area contributed by atoms with Crippen molar-refractivity contribution in [1.29, 1.82) is 0 Å². The largest absolute Gasteiger partial charge is 0.496 e. The first-order valence-electron chi connectivity index (χ1n) is 9.43. The molecule has 0 radical (unpaired) electrons. The Bertz CT molecular complexity index is 1220. The van der Waals surface area contributed by atoms with Gasteiger partial charge in [-0.2, -0.15) is 8.78 Å². The lowest BCUT2D eigenvalue weighted by Gasteiger charge is -2.09. The van der Waals surface area contributed by atoms with Gasteiger partial charge in [-0.15, -0.1) is 0 Å². The molecule has 1 heterocycles. The molecule has 0 aliphatic carbocycles. The Labute approximate surface area is 181 Å². The molecule has 0 saturated carbocycles. The van der Waals surface area contributed by atoms with Crippen molar-refractivity contribution in [2.75, 3.05) is 7.11 Å². The Hall–Kier alpha value is -4.20. The Morgan fingerprint density at radius 1 is 1.00 bits per heavy atom. The lowest BCUT2D eigenvalue weighted by Crippen LogP contribution is -2.10. The van der Waals surface area contributed by atoms with Crippen LogP contribution >= 0.6 is 0 Å². The van der Waals surface area contributed by atoms with Gasteiger partial charge in [0.25, 0.3) is 0 Å². The first-order valence-corrected chi connectivity index (χ1v) is 9.43. The number of rotatable bonds is 6. The number of fused-ring (bicyclic) bond motifs is 1. The second kappa shape index (κ2) is 8.89. The van der Waals surface area contributed by atoms with Crippen molar-refractivity contribution in [3.8, 4) is 23.0 Å². The van der Waals surface area contributed by atoms with E-state index in [1.165, 1.54) is 49.6 Å². The number of para-hydroxylation sites is 2. The van der Waals surface area contributed by atoms with Crippen LogP contribution in [0.5, 0.6) is 23.0 Å². The van der Waals surface area contributed by atoms with Crippen molar-refractivity contribution >= 4 is 17.8 Å². The van der Waals surface area contributed by atoms with Crippen molar-refractivity contribution in [3.05, 3.63) is 89.2 Å². The molecule has 0 bridgehead atoms. The molecule has 0 atom stereocenters. The van der Waals surface area contributed by atoms with E-state index in [9.17, 15) is 18.4 Å². The van der Waals surface area contributed by atoms with Gasteiger partial charge in [-0.3, -0.25) is 4.79 Å². The van der Waals surface area contributed by atoms with Crippen molar-refractivity contribution in [2.45, 2.75) is 6.61 Å². The maximum absolute atomic E-state index is 12.7. The SMILES string of the molecule is COc1ccccc1C(=O)Oc1ccc2c(c1)O/C(=C\c1ccccc1OC(F)F)C2=O. The van der Waals surface area contributed by atoms with Gasteiger partial charge in [0.1, 0.15) is 28.6 Å². The van der Waals surface area contributed by atoms with Crippen LogP contribution in [-0.4, -0.2) is 25.5 Å². The minimum Gasteiger partial charge on any atom is -0.496 e. The maximum Gasteiger partial charge on any atom is 0.387 e. The number of benzene rings is 3. The number of halogens is 2. The molecule has 8 heteroatoms. The summed E-state index contributed by atoms with van der Waals surface area (Å²) in [6.07, 6.45) is 1.32. The minimum absolute atomic E-state index is 0.0708. The van der Waals surface area contributed by atoms with E-state index < -0.39 is 18.4 Å². The van der Waals surface area contributed by atoms with Crippen LogP contribution in [0.4, 0.5) is 8.78 Å². The molecule has 32 heavy (non-hydrogen) atoms. The maximum atomic E-state index is 12.7. The predicted molar refractivity (Wildman–Crippen MR) is 110 cm³/mol. The highest BCUT2D eigenvalue weighted by Crippen LogP contribution is 2.36. The number of hydrogen-bond acceptors (Lipinski definition) is 6. The number of ketones is 1. The van der Waals surface area contributed by atoms with Crippen LogP contribution in [0.15, 0.2) is 72.5 Å². The van der Waals surface area contributed by atoms with Gasteiger partial charge in [0.15, 0.2) is 5.76 Å². The molecule has 4 rings (SSSR count). The van der Waals surface area contributed by atoms with Crippen LogP contribution in [0.25, 0.3) is 6.08 Å². The highest BCUT2D eigenvalue weighted by molar-refractivity contribution is 6.14. The Morgan fingerprint density at radius 2 is 1.72 bits per heavy atom. The van der Waals surface area contributed by atoms with Gasteiger partial charge in [-0.25, -0.2) is 4.79 Å². The average Bonchev–Trinajstić information content (AvgIpc) is 3.09. The number of hydrogen-bond donors (Lipinski definition) is 0. The number of esters is 1. The predicted octanol–water partition coefficient (Wildman–Crippen LogP) is 5.13. The summed E-state index contributed by atoms with van der Waals surface area (Å²) in [7, 11) is 1.44. The van der Waals surface area contributed by atoms with Gasteiger partial charge < -0.3 is 18.9 Å². The molecule has 0 amide bonds. The lowest BCUT2D eigenvalue weighted by molar-refractivity contribution is -0.0500. The number of Topliss-reactive ketones (excluding diaryl/α,β-unsaturated/α-hetero) is 1. The van der Waals surface area contributed by atoms with Gasteiger partial charge in [0.2, 0.25) is 5.78 Å². The van der Waals surface area contributed by atoms with E-state index in [1.54, 1.807) is 30.3 Å². The van der Waals surface area contributed by atoms with Gasteiger partial charge in [-0.1, -0.05) is 30.3 Å². The second-order valence-electron chi connectivity index (χ2n) is 6.60. The van der Waals surface area contributed by atoms with Gasteiger partial charge in [0.05, 0.1) is 12.7 Å². The van der Waals surface area contributed by atoms with Crippen molar-refractivity contribution in [3.63, 3.8) is 0 Å². The summed E-state index contributed by atoms with van der Waals surface area (Å²) in [6, 6.07) is 17.0. The fourth-order valence-electron chi connectivity index (χ4n) is 3.15. The molecule has 0 N–H and O–H groups in total. The number of allylic oxidation sites excluding steroid dienone is 1. The fraction of sp³-hybridized carbons (Fsp3) is 0.0833. The molecule has 3 aromatic carbocycles. The summed E-state index contributed by atoms with van der Waals surface area (Å²) in [5.41, 5.74) is 0.746. The van der Waals surface area contributed by atoms with E-state index in [-0.39, 0.29) is 39.7 Å². The van der Waals surface area contributed by atoms with Crippen LogP contribution in [0.2, 0.25) is 0 Å². The van der Waals surface area contributed by atoms with E-state index in [4.69, 9.17) is 14.2 Å². The Kier molecular flexibility index (Phi) is 5.85. The molecule has 0 fully saturated rings. The highest BCUT2D eigenvalue weighted by atomic mass is 19.3. The smallest absolute Gasteiger partial charge is 0.387 e. The molecule has 1 aliphatic heterocycles. The highest BCUT2D eigenvalue weighted by Gasteiger charge is 2.28. The molecule has 0 aromatic heterocycles. The molecular formula is C24H16F2O6. The van der Waals surface area contributed by atoms with Crippen molar-refractivity contribution in [1.82, 2.24) is 0 Å². The van der Waals surface area contributed by atoms with E-state index in [0.29, 0.717) is 5.75 Å². The van der Waals surface area contributed by atoms with Crippen LogP contribution in [-0.2, 0) is 0 Å². The number of carbonyl (C=O) groups excluding carboxylic acids is 2. The summed E-state index contributed by atoms with van der Waals surface area (Å²) in [5.74, 6) is -0.531. The van der Waals surface area contributed by atoms with Crippen LogP contribution in [0.1, 0.15) is 26.3 Å². The third-order valence-electron chi connectivity index (χ3n) is 4.60. The number of ether oxygens (including phenoxy) is 4. The van der Waals surface area contributed by atoms with Crippen LogP contribution < -0.4 is 18.9 Å². The summed E-state index contributed by atoms with van der Waals surface area (Å²) < 4.78 is 45.9. The third kappa shape index (κ3) is 4.29. The molecule has 6 nitrogen and oxygen atoms in total. The summed E-state index contributed by atoms with van der Waals surface area (Å²) in [5, 5.41) is 0. The molecular weight excluding hydrogens is 422 g/mol. The zero-order valence-electron chi connectivity index (χ0n) is 16.7. The normalized spacial score (nSPS) is 13.6. The molecule has 0 saturated heterocycles. The zero-order valence-corrected chi connectivity index (χ0v) is 16.7. The van der Waals surface area contributed by atoms with E-state index >= 15 is 0 Å². The van der Waals surface area contributed by atoms with Gasteiger partial charge >= 0.3 is 12.6 Å². The topological polar surface area (TPSA) is 71.1 Å². The Morgan fingerprint density at radius 3 is 2.47 bits per heavy atom. The van der Waals surface area contributed by atoms with Gasteiger partial charge in [-0.05, 0) is 36.4 Å². The molecule has 1 aliphatic rings. The van der Waals surface area contributed by atoms with Gasteiger partial charge in [0, 0.05) is 11.6 Å². The van der Waals surface area contributed by atoms with E-state index in [0.717, 1.165) is 0 Å². The lowest BCUT2D eigenvalue weighted by atomic mass is 10.1. The van der Waals surface area contributed by atoms with Crippen molar-refractivity contribution < 1.29 is 37.3 Å². The van der Waals surface area contributed by atoms with E-state index in [1.807, 2.05) is 0 Å². The summed E-state index contributed by atoms with van der Waals surface area (Å²) in [6.45, 7) is -3.01. The fourth-order valence-corrected chi connectivity index (χ4v) is 3.15. The standard InChI is InChI=1S/C24H16F2O6/c1-29-19-9-5-3-7-17(19)23(28)30-15-10-11-16-20(13-15)31-21(22(16)27)12-14-6-2-4-8-18(14)32-24(25)26/h2-13,24H,1H3/b21-12-. The number of alkyl halides is 2. The number of methoxy groups -OCH3 is 1. The first kappa shape index (κ1) is 21.0. The first-order chi connectivity index (χ1) is 15.5. The van der Waals surface area contributed by atoms with E-state index in [2.05, 4.69) is 4.74 Å². The average molecular weight is 438 g/mol. The summed E-state index contributed by atoms with van der Waals surface area (Å²) in [4.78, 5) is 25.2. The second-order valence-corrected chi connectivity index (χ2v) is 6.60. The monoisotopic (exact) mass is 438 g/mol. The quantitative estimate of drug-likeness (QED) is 0.302. The molecule has 162 valence electrons. The molecule has 0 unspecified atom stereocenters. The van der Waals surface area contributed by atoms with Crippen LogP contribution in [0, 0.1) is 0 Å². The minimum atomic E-state index is -3.01. The third-order valence-corrected chi connectivity index (χ3v) is 4.60. The zero-order chi connectivity index (χ0) is 22.7.